The molecule has 0 fully saturated rings. The molecular weight excluding hydrogens is 361 g/mol. The van der Waals surface area contributed by atoms with Crippen LogP contribution in [0.4, 0.5) is 4.39 Å². The molecule has 3 aromatic rings. The summed E-state index contributed by atoms with van der Waals surface area (Å²) < 4.78 is 16.0. The van der Waals surface area contributed by atoms with Gasteiger partial charge in [0, 0.05) is 29.1 Å². The Morgan fingerprint density at radius 1 is 1.33 bits per heavy atom. The number of ketones is 1. The molecule has 0 aliphatic rings. The topological polar surface area (TPSA) is 47.3 Å². The third kappa shape index (κ3) is 2.56. The predicted octanol–water partition coefficient (Wildman–Crippen LogP) is 4.15. The first kappa shape index (κ1) is 14.2. The highest BCUT2D eigenvalue weighted by molar-refractivity contribution is 9.10. The van der Waals surface area contributed by atoms with Crippen LogP contribution in [-0.2, 0) is 0 Å². The average Bonchev–Trinajstić information content (AvgIpc) is 2.82. The minimum absolute atomic E-state index is 0.197. The van der Waals surface area contributed by atoms with Crippen LogP contribution >= 0.6 is 27.5 Å². The lowest BCUT2D eigenvalue weighted by Gasteiger charge is -2.00. The summed E-state index contributed by atoms with van der Waals surface area (Å²) in [6, 6.07) is 7.71. The van der Waals surface area contributed by atoms with Crippen LogP contribution in [0.1, 0.15) is 17.4 Å². The maximum Gasteiger partial charge on any atom is 0.178 e. The number of halogens is 3. The Morgan fingerprint density at radius 2 is 2.10 bits per heavy atom. The molecule has 0 radical (unpaired) electrons. The lowest BCUT2D eigenvalue weighted by molar-refractivity contribution is 0.101. The predicted molar refractivity (Wildman–Crippen MR) is 81.1 cm³/mol. The minimum atomic E-state index is -0.407. The zero-order chi connectivity index (χ0) is 15.1. The third-order valence-electron chi connectivity index (χ3n) is 2.95. The van der Waals surface area contributed by atoms with Crippen LogP contribution in [0.3, 0.4) is 0 Å². The normalized spacial score (nSPS) is 11.0. The molecule has 0 bridgehead atoms. The number of rotatable bonds is 2. The van der Waals surface area contributed by atoms with E-state index in [2.05, 4.69) is 26.0 Å². The van der Waals surface area contributed by atoms with Gasteiger partial charge in [0.25, 0.3) is 0 Å². The molecular formula is C14H8BrClFN3O. The van der Waals surface area contributed by atoms with Crippen molar-refractivity contribution >= 4 is 39.0 Å². The zero-order valence-electron chi connectivity index (χ0n) is 10.8. The Labute approximate surface area is 132 Å². The monoisotopic (exact) mass is 367 g/mol. The van der Waals surface area contributed by atoms with Gasteiger partial charge >= 0.3 is 0 Å². The minimum Gasteiger partial charge on any atom is -0.293 e. The van der Waals surface area contributed by atoms with Crippen molar-refractivity contribution in [3.63, 3.8) is 0 Å². The number of Topliss-reactive ketones (excluding diaryl/α,β-unsaturated/α-hetero) is 1. The molecule has 4 nitrogen and oxygen atoms in total. The standard InChI is InChI=1S/C14H8BrClFN3O/c1-7(21)11-5-13(16)20-14(18-11)6-12(19-20)9-3-2-8(15)4-10(9)17/h2-6H,1H3. The van der Waals surface area contributed by atoms with Gasteiger partial charge in [-0.05, 0) is 18.2 Å². The van der Waals surface area contributed by atoms with Crippen LogP contribution in [0, 0.1) is 5.82 Å². The van der Waals surface area contributed by atoms with Gasteiger partial charge in [0.2, 0.25) is 0 Å². The van der Waals surface area contributed by atoms with Crippen molar-refractivity contribution in [1.29, 1.82) is 0 Å². The molecule has 0 spiro atoms. The SMILES string of the molecule is CC(=O)c1cc(Cl)n2nc(-c3ccc(Br)cc3F)cc2n1. The molecule has 7 heteroatoms. The maximum atomic E-state index is 14.0. The van der Waals surface area contributed by atoms with Gasteiger partial charge in [0.1, 0.15) is 16.7 Å². The number of hydrogen-bond donors (Lipinski definition) is 0. The van der Waals surface area contributed by atoms with E-state index in [0.717, 1.165) is 0 Å². The van der Waals surface area contributed by atoms with Crippen molar-refractivity contribution in [2.45, 2.75) is 6.92 Å². The number of carbonyl (C=O) groups excluding carboxylic acids is 1. The van der Waals surface area contributed by atoms with Gasteiger partial charge in [-0.1, -0.05) is 27.5 Å². The van der Waals surface area contributed by atoms with E-state index in [1.165, 1.54) is 23.6 Å². The van der Waals surface area contributed by atoms with Gasteiger partial charge in [-0.25, -0.2) is 13.9 Å². The Hall–Kier alpha value is -1.79. The van der Waals surface area contributed by atoms with Gasteiger partial charge < -0.3 is 0 Å². The fourth-order valence-electron chi connectivity index (χ4n) is 1.95. The van der Waals surface area contributed by atoms with Crippen LogP contribution < -0.4 is 0 Å². The van der Waals surface area contributed by atoms with Crippen molar-refractivity contribution in [2.75, 3.05) is 0 Å². The summed E-state index contributed by atoms with van der Waals surface area (Å²) in [4.78, 5) is 15.6. The van der Waals surface area contributed by atoms with Crippen LogP contribution in [0.15, 0.2) is 34.8 Å². The Balaban J connectivity index is 2.21. The molecule has 3 rings (SSSR count). The quantitative estimate of drug-likeness (QED) is 0.504. The molecule has 21 heavy (non-hydrogen) atoms. The summed E-state index contributed by atoms with van der Waals surface area (Å²) in [5.74, 6) is -0.604. The molecule has 0 saturated carbocycles. The number of aromatic nitrogens is 3. The van der Waals surface area contributed by atoms with Gasteiger partial charge in [0.05, 0.1) is 5.69 Å². The lowest BCUT2D eigenvalue weighted by Crippen LogP contribution is -2.01. The summed E-state index contributed by atoms with van der Waals surface area (Å²) in [5.41, 5.74) is 1.37. The van der Waals surface area contributed by atoms with Crippen molar-refractivity contribution in [2.24, 2.45) is 0 Å². The molecule has 1 aromatic carbocycles. The van der Waals surface area contributed by atoms with E-state index < -0.39 is 5.82 Å². The fourth-order valence-corrected chi connectivity index (χ4v) is 2.51. The van der Waals surface area contributed by atoms with Crippen molar-refractivity contribution in [3.8, 4) is 11.3 Å². The molecule has 0 unspecified atom stereocenters. The van der Waals surface area contributed by atoms with Crippen LogP contribution in [-0.4, -0.2) is 20.4 Å². The first-order valence-corrected chi connectivity index (χ1v) is 7.15. The average molecular weight is 369 g/mol. The molecule has 2 heterocycles. The van der Waals surface area contributed by atoms with Gasteiger partial charge in [0.15, 0.2) is 11.4 Å². The summed E-state index contributed by atoms with van der Waals surface area (Å²) in [6.07, 6.45) is 0. The van der Waals surface area contributed by atoms with Gasteiger partial charge in [-0.2, -0.15) is 5.10 Å². The van der Waals surface area contributed by atoms with Crippen LogP contribution in [0.5, 0.6) is 0 Å². The van der Waals surface area contributed by atoms with E-state index in [9.17, 15) is 9.18 Å². The largest absolute Gasteiger partial charge is 0.293 e. The number of hydrogen-bond acceptors (Lipinski definition) is 3. The number of nitrogens with zero attached hydrogens (tertiary/aromatic N) is 3. The highest BCUT2D eigenvalue weighted by atomic mass is 79.9. The third-order valence-corrected chi connectivity index (χ3v) is 3.71. The molecule has 0 aliphatic carbocycles. The van der Waals surface area contributed by atoms with Crippen LogP contribution in [0.2, 0.25) is 5.15 Å². The van der Waals surface area contributed by atoms with E-state index in [4.69, 9.17) is 11.6 Å². The second-order valence-corrected chi connectivity index (χ2v) is 5.75. The molecule has 106 valence electrons. The second-order valence-electron chi connectivity index (χ2n) is 4.44. The van der Waals surface area contributed by atoms with Gasteiger partial charge in [-0.15, -0.1) is 0 Å². The van der Waals surface area contributed by atoms with E-state index in [0.29, 0.717) is 21.4 Å². The molecule has 0 atom stereocenters. The Morgan fingerprint density at radius 3 is 2.76 bits per heavy atom. The molecule has 0 amide bonds. The van der Waals surface area contributed by atoms with E-state index in [-0.39, 0.29) is 16.6 Å². The van der Waals surface area contributed by atoms with Gasteiger partial charge in [-0.3, -0.25) is 4.79 Å². The van der Waals surface area contributed by atoms with Crippen molar-refractivity contribution in [1.82, 2.24) is 14.6 Å². The Bertz CT molecular complexity index is 878. The summed E-state index contributed by atoms with van der Waals surface area (Å²) in [7, 11) is 0. The molecule has 2 aromatic heterocycles. The number of carbonyl (C=O) groups is 1. The lowest BCUT2D eigenvalue weighted by atomic mass is 10.1. The highest BCUT2D eigenvalue weighted by Gasteiger charge is 2.14. The van der Waals surface area contributed by atoms with E-state index in [1.807, 2.05) is 0 Å². The van der Waals surface area contributed by atoms with Crippen LogP contribution in [0.25, 0.3) is 16.9 Å². The summed E-state index contributed by atoms with van der Waals surface area (Å²) in [5, 5.41) is 4.47. The van der Waals surface area contributed by atoms with Crippen molar-refractivity contribution in [3.05, 3.63) is 51.5 Å². The zero-order valence-corrected chi connectivity index (χ0v) is 13.1. The number of benzene rings is 1. The van der Waals surface area contributed by atoms with E-state index >= 15 is 0 Å². The van der Waals surface area contributed by atoms with Crippen molar-refractivity contribution < 1.29 is 9.18 Å². The Kier molecular flexibility index (Phi) is 3.51. The second kappa shape index (κ2) is 5.20. The fraction of sp³-hybridized carbons (Fsp3) is 0.0714. The smallest absolute Gasteiger partial charge is 0.178 e. The maximum absolute atomic E-state index is 14.0. The highest BCUT2D eigenvalue weighted by Crippen LogP contribution is 2.26. The molecule has 0 saturated heterocycles. The summed E-state index contributed by atoms with van der Waals surface area (Å²) in [6.45, 7) is 1.40. The molecule has 0 N–H and O–H groups in total. The number of fused-ring (bicyclic) bond motifs is 1. The summed E-state index contributed by atoms with van der Waals surface area (Å²) >= 11 is 9.28. The van der Waals surface area contributed by atoms with E-state index in [1.54, 1.807) is 18.2 Å². The molecule has 0 aliphatic heterocycles. The first-order chi connectivity index (χ1) is 9.95. The first-order valence-electron chi connectivity index (χ1n) is 5.98.